The molecule has 0 fully saturated rings. The maximum absolute atomic E-state index is 11.7. The van der Waals surface area contributed by atoms with Gasteiger partial charge >= 0.3 is 0 Å². The molecule has 0 aliphatic carbocycles. The molecular weight excluding hydrogens is 242 g/mol. The monoisotopic (exact) mass is 257 g/mol. The lowest BCUT2D eigenvalue weighted by Crippen LogP contribution is -2.42. The van der Waals surface area contributed by atoms with Crippen molar-refractivity contribution in [3.05, 3.63) is 23.2 Å². The maximum atomic E-state index is 11.7. The highest BCUT2D eigenvalue weighted by atomic mass is 35.5. The number of carbonyl (C=O) groups is 1. The number of hydrogen-bond acceptors (Lipinski definition) is 4. The summed E-state index contributed by atoms with van der Waals surface area (Å²) < 4.78 is 0. The summed E-state index contributed by atoms with van der Waals surface area (Å²) in [5, 5.41) is 12.8. The van der Waals surface area contributed by atoms with Gasteiger partial charge in [0.15, 0.2) is 0 Å². The molecular formula is C11H16ClN3O2. The second kappa shape index (κ2) is 5.93. The van der Waals surface area contributed by atoms with E-state index in [9.17, 15) is 9.90 Å². The minimum atomic E-state index is -0.873. The van der Waals surface area contributed by atoms with E-state index in [4.69, 9.17) is 11.6 Å². The third-order valence-corrected chi connectivity index (χ3v) is 2.91. The topological polar surface area (TPSA) is 75.1 Å². The Morgan fingerprint density at radius 1 is 1.47 bits per heavy atom. The molecule has 1 heterocycles. The molecule has 5 nitrogen and oxygen atoms in total. The summed E-state index contributed by atoms with van der Waals surface area (Å²) >= 11 is 5.63. The van der Waals surface area contributed by atoms with E-state index in [2.05, 4.69) is 15.3 Å². The van der Waals surface area contributed by atoms with E-state index < -0.39 is 5.60 Å². The molecule has 0 unspecified atom stereocenters. The van der Waals surface area contributed by atoms with Gasteiger partial charge in [-0.1, -0.05) is 25.4 Å². The van der Waals surface area contributed by atoms with E-state index >= 15 is 0 Å². The van der Waals surface area contributed by atoms with Crippen molar-refractivity contribution in [3.63, 3.8) is 0 Å². The van der Waals surface area contributed by atoms with Crippen molar-refractivity contribution >= 4 is 17.5 Å². The summed E-state index contributed by atoms with van der Waals surface area (Å²) in [7, 11) is 0. The Morgan fingerprint density at radius 2 is 2.12 bits per heavy atom. The van der Waals surface area contributed by atoms with Crippen molar-refractivity contribution in [3.8, 4) is 0 Å². The quantitative estimate of drug-likeness (QED) is 0.836. The number of hydrogen-bond donors (Lipinski definition) is 2. The lowest BCUT2D eigenvalue weighted by Gasteiger charge is -2.25. The highest BCUT2D eigenvalue weighted by molar-refractivity contribution is 6.29. The number of aromatic nitrogens is 2. The highest BCUT2D eigenvalue weighted by Gasteiger charge is 2.23. The summed E-state index contributed by atoms with van der Waals surface area (Å²) in [6.07, 6.45) is 3.83. The van der Waals surface area contributed by atoms with Gasteiger partial charge in [-0.2, -0.15) is 0 Å². The molecule has 0 atom stereocenters. The van der Waals surface area contributed by atoms with Gasteiger partial charge in [0.05, 0.1) is 18.0 Å². The summed E-state index contributed by atoms with van der Waals surface area (Å²) in [5.74, 6) is -0.389. The van der Waals surface area contributed by atoms with Gasteiger partial charge in [0.25, 0.3) is 5.91 Å². The molecule has 6 heteroatoms. The van der Waals surface area contributed by atoms with Crippen molar-refractivity contribution in [1.29, 1.82) is 0 Å². The van der Waals surface area contributed by atoms with Crippen LogP contribution in [0.3, 0.4) is 0 Å². The van der Waals surface area contributed by atoms with Crippen LogP contribution in [0.2, 0.25) is 5.15 Å². The van der Waals surface area contributed by atoms with Crippen LogP contribution in [0.15, 0.2) is 12.4 Å². The number of amides is 1. The molecule has 0 saturated carbocycles. The molecule has 1 aromatic heterocycles. The first kappa shape index (κ1) is 13.9. The van der Waals surface area contributed by atoms with E-state index in [1.807, 2.05) is 13.8 Å². The average Bonchev–Trinajstić information content (AvgIpc) is 2.35. The molecule has 0 bridgehead atoms. The predicted molar refractivity (Wildman–Crippen MR) is 64.9 cm³/mol. The molecule has 0 radical (unpaired) electrons. The van der Waals surface area contributed by atoms with Gasteiger partial charge < -0.3 is 10.4 Å². The highest BCUT2D eigenvalue weighted by Crippen LogP contribution is 2.13. The van der Waals surface area contributed by atoms with Crippen LogP contribution in [-0.4, -0.2) is 33.1 Å². The van der Waals surface area contributed by atoms with Gasteiger partial charge in [0.1, 0.15) is 10.8 Å². The zero-order chi connectivity index (χ0) is 12.9. The Morgan fingerprint density at radius 3 is 2.65 bits per heavy atom. The molecule has 17 heavy (non-hydrogen) atoms. The summed E-state index contributed by atoms with van der Waals surface area (Å²) in [5.41, 5.74) is -0.728. The molecule has 0 aliphatic rings. The van der Waals surface area contributed by atoms with E-state index in [0.717, 1.165) is 0 Å². The van der Waals surface area contributed by atoms with Crippen LogP contribution < -0.4 is 5.32 Å². The third-order valence-electron chi connectivity index (χ3n) is 2.73. The van der Waals surface area contributed by atoms with Crippen molar-refractivity contribution in [2.75, 3.05) is 6.54 Å². The summed E-state index contributed by atoms with van der Waals surface area (Å²) in [4.78, 5) is 19.3. The zero-order valence-corrected chi connectivity index (χ0v) is 10.7. The van der Waals surface area contributed by atoms with E-state index in [0.29, 0.717) is 12.8 Å². The van der Waals surface area contributed by atoms with Crippen molar-refractivity contribution in [2.45, 2.75) is 32.3 Å². The predicted octanol–water partition coefficient (Wildman–Crippen LogP) is 1.41. The number of aliphatic hydroxyl groups is 1. The maximum Gasteiger partial charge on any atom is 0.271 e. The number of nitrogens with zero attached hydrogens (tertiary/aromatic N) is 2. The Kier molecular flexibility index (Phi) is 4.84. The Labute approximate surface area is 105 Å². The summed E-state index contributed by atoms with van der Waals surface area (Å²) in [6, 6.07) is 0. The fraction of sp³-hybridized carbons (Fsp3) is 0.545. The van der Waals surface area contributed by atoms with Crippen LogP contribution in [0, 0.1) is 0 Å². The standard InChI is InChI=1S/C11H16ClN3O2/c1-3-11(17,4-2)7-14-10(16)8-5-13-6-9(12)15-8/h5-6,17H,3-4,7H2,1-2H3,(H,14,16). The molecule has 1 rings (SSSR count). The minimum Gasteiger partial charge on any atom is -0.388 e. The second-order valence-corrected chi connectivity index (χ2v) is 4.23. The van der Waals surface area contributed by atoms with Crippen LogP contribution in [0.1, 0.15) is 37.2 Å². The van der Waals surface area contributed by atoms with E-state index in [-0.39, 0.29) is 23.3 Å². The minimum absolute atomic E-state index is 0.145. The number of rotatable bonds is 5. The lowest BCUT2D eigenvalue weighted by atomic mass is 9.97. The molecule has 2 N–H and O–H groups in total. The van der Waals surface area contributed by atoms with Crippen molar-refractivity contribution < 1.29 is 9.90 Å². The normalized spacial score (nSPS) is 11.3. The molecule has 0 aliphatic heterocycles. The first-order chi connectivity index (χ1) is 8.00. The largest absolute Gasteiger partial charge is 0.388 e. The van der Waals surface area contributed by atoms with Crippen LogP contribution in [-0.2, 0) is 0 Å². The number of halogens is 1. The van der Waals surface area contributed by atoms with Gasteiger partial charge in [-0.05, 0) is 12.8 Å². The van der Waals surface area contributed by atoms with E-state index in [1.54, 1.807) is 0 Å². The molecule has 94 valence electrons. The van der Waals surface area contributed by atoms with E-state index in [1.165, 1.54) is 12.4 Å². The molecule has 1 aromatic rings. The molecule has 1 amide bonds. The summed E-state index contributed by atoms with van der Waals surface area (Å²) in [6.45, 7) is 3.93. The SMILES string of the molecule is CCC(O)(CC)CNC(=O)c1cncc(Cl)n1. The fourth-order valence-corrected chi connectivity index (χ4v) is 1.43. The van der Waals surface area contributed by atoms with Crippen LogP contribution in [0.4, 0.5) is 0 Å². The lowest BCUT2D eigenvalue weighted by molar-refractivity contribution is 0.0313. The fourth-order valence-electron chi connectivity index (χ4n) is 1.29. The molecule has 0 aromatic carbocycles. The Hall–Kier alpha value is -1.20. The second-order valence-electron chi connectivity index (χ2n) is 3.84. The van der Waals surface area contributed by atoms with Gasteiger partial charge in [-0.25, -0.2) is 4.98 Å². The smallest absolute Gasteiger partial charge is 0.271 e. The van der Waals surface area contributed by atoms with Crippen molar-refractivity contribution in [1.82, 2.24) is 15.3 Å². The Balaban J connectivity index is 2.62. The first-order valence-corrected chi connectivity index (χ1v) is 5.86. The van der Waals surface area contributed by atoms with Gasteiger partial charge in [0, 0.05) is 6.54 Å². The number of carbonyl (C=O) groups excluding carboxylic acids is 1. The van der Waals surface area contributed by atoms with Crippen molar-refractivity contribution in [2.24, 2.45) is 0 Å². The first-order valence-electron chi connectivity index (χ1n) is 5.49. The number of nitrogens with one attached hydrogen (secondary N) is 1. The van der Waals surface area contributed by atoms with Gasteiger partial charge in [-0.15, -0.1) is 0 Å². The van der Waals surface area contributed by atoms with Gasteiger partial charge in [0.2, 0.25) is 0 Å². The molecule has 0 spiro atoms. The average molecular weight is 258 g/mol. The van der Waals surface area contributed by atoms with Crippen LogP contribution in [0.25, 0.3) is 0 Å². The molecule has 0 saturated heterocycles. The third kappa shape index (κ3) is 3.94. The zero-order valence-electron chi connectivity index (χ0n) is 9.90. The van der Waals surface area contributed by atoms with Crippen LogP contribution >= 0.6 is 11.6 Å². The van der Waals surface area contributed by atoms with Crippen LogP contribution in [0.5, 0.6) is 0 Å². The van der Waals surface area contributed by atoms with Gasteiger partial charge in [-0.3, -0.25) is 9.78 Å². The Bertz CT molecular complexity index is 394.